The lowest BCUT2D eigenvalue weighted by Gasteiger charge is -2.04. The molecule has 2 aromatic rings. The zero-order valence-electron chi connectivity index (χ0n) is 9.86. The average molecular weight is 324 g/mol. The monoisotopic (exact) mass is 323 g/mol. The fourth-order valence-corrected chi connectivity index (χ4v) is 2.68. The van der Waals surface area contributed by atoms with Gasteiger partial charge in [-0.05, 0) is 35.6 Å². The summed E-state index contributed by atoms with van der Waals surface area (Å²) < 4.78 is 0. The Balaban J connectivity index is 1.83. The summed E-state index contributed by atoms with van der Waals surface area (Å²) in [6.45, 7) is 0.680. The van der Waals surface area contributed by atoms with Crippen LogP contribution in [0.5, 0.6) is 0 Å². The van der Waals surface area contributed by atoms with Crippen molar-refractivity contribution in [3.05, 3.63) is 57.8 Å². The number of amides is 1. The summed E-state index contributed by atoms with van der Waals surface area (Å²) in [5, 5.41) is 5.80. The Kier molecular flexibility index (Phi) is 4.96. The highest BCUT2D eigenvalue weighted by molar-refractivity contribution is 9.08. The van der Waals surface area contributed by atoms with E-state index >= 15 is 0 Å². The maximum Gasteiger partial charge on any atom is 0.251 e. The lowest BCUT2D eigenvalue weighted by Crippen LogP contribution is -2.25. The van der Waals surface area contributed by atoms with E-state index in [4.69, 9.17) is 0 Å². The van der Waals surface area contributed by atoms with Crippen LogP contribution in [0.3, 0.4) is 0 Å². The molecule has 1 amide bonds. The maximum atomic E-state index is 11.9. The van der Waals surface area contributed by atoms with Crippen LogP contribution < -0.4 is 5.32 Å². The number of thiophene rings is 1. The van der Waals surface area contributed by atoms with Gasteiger partial charge in [0.25, 0.3) is 5.91 Å². The minimum Gasteiger partial charge on any atom is -0.352 e. The van der Waals surface area contributed by atoms with Gasteiger partial charge in [0.2, 0.25) is 0 Å². The number of rotatable bonds is 5. The van der Waals surface area contributed by atoms with Crippen LogP contribution in [0.1, 0.15) is 20.8 Å². The molecule has 0 saturated heterocycles. The van der Waals surface area contributed by atoms with Crippen molar-refractivity contribution in [2.75, 3.05) is 6.54 Å². The molecule has 0 bridgehead atoms. The molecule has 2 nitrogen and oxygen atoms in total. The van der Waals surface area contributed by atoms with Gasteiger partial charge in [0.05, 0.1) is 0 Å². The van der Waals surface area contributed by atoms with E-state index in [0.29, 0.717) is 12.1 Å². The van der Waals surface area contributed by atoms with E-state index < -0.39 is 0 Å². The molecule has 0 saturated carbocycles. The van der Waals surface area contributed by atoms with Crippen molar-refractivity contribution in [3.8, 4) is 0 Å². The van der Waals surface area contributed by atoms with Crippen molar-refractivity contribution < 1.29 is 4.79 Å². The third-order valence-corrected chi connectivity index (χ3v) is 4.19. The van der Waals surface area contributed by atoms with E-state index in [9.17, 15) is 4.79 Å². The highest BCUT2D eigenvalue weighted by atomic mass is 79.9. The predicted octanol–water partition coefficient (Wildman–Crippen LogP) is 3.62. The predicted molar refractivity (Wildman–Crippen MR) is 79.4 cm³/mol. The van der Waals surface area contributed by atoms with Crippen LogP contribution in [0.2, 0.25) is 0 Å². The molecule has 4 heteroatoms. The molecule has 1 aromatic heterocycles. The van der Waals surface area contributed by atoms with Crippen LogP contribution in [0, 0.1) is 0 Å². The van der Waals surface area contributed by atoms with E-state index in [-0.39, 0.29) is 5.91 Å². The third kappa shape index (κ3) is 3.68. The van der Waals surface area contributed by atoms with Gasteiger partial charge in [0, 0.05) is 22.3 Å². The van der Waals surface area contributed by atoms with Gasteiger partial charge in [-0.2, -0.15) is 0 Å². The summed E-state index contributed by atoms with van der Waals surface area (Å²) in [7, 11) is 0. The summed E-state index contributed by atoms with van der Waals surface area (Å²) in [5.41, 5.74) is 1.89. The van der Waals surface area contributed by atoms with Gasteiger partial charge in [-0.25, -0.2) is 0 Å². The van der Waals surface area contributed by atoms with Crippen LogP contribution in [0.25, 0.3) is 0 Å². The molecule has 18 heavy (non-hydrogen) atoms. The second-order valence-corrected chi connectivity index (χ2v) is 5.51. The first-order valence-electron chi connectivity index (χ1n) is 5.75. The number of hydrogen-bond acceptors (Lipinski definition) is 2. The first kappa shape index (κ1) is 13.3. The first-order chi connectivity index (χ1) is 8.79. The number of carbonyl (C=O) groups excluding carboxylic acids is 1. The molecule has 0 aliphatic rings. The summed E-state index contributed by atoms with van der Waals surface area (Å²) >= 11 is 5.10. The standard InChI is InChI=1S/C14H14BrNOS/c15-10-11-3-5-12(6-4-11)14(17)16-8-7-13-2-1-9-18-13/h1-6,9H,7-8,10H2,(H,16,17). The summed E-state index contributed by atoms with van der Waals surface area (Å²) in [6, 6.07) is 11.8. The van der Waals surface area contributed by atoms with Crippen LogP contribution in [0.4, 0.5) is 0 Å². The van der Waals surface area contributed by atoms with Crippen LogP contribution >= 0.6 is 27.3 Å². The van der Waals surface area contributed by atoms with E-state index in [1.165, 1.54) is 10.4 Å². The van der Waals surface area contributed by atoms with E-state index in [1.54, 1.807) is 11.3 Å². The van der Waals surface area contributed by atoms with Crippen molar-refractivity contribution in [1.82, 2.24) is 5.32 Å². The first-order valence-corrected chi connectivity index (χ1v) is 7.75. The number of nitrogens with one attached hydrogen (secondary N) is 1. The van der Waals surface area contributed by atoms with Crippen molar-refractivity contribution in [1.29, 1.82) is 0 Å². The van der Waals surface area contributed by atoms with Gasteiger partial charge >= 0.3 is 0 Å². The minimum atomic E-state index is -0.00678. The second kappa shape index (κ2) is 6.71. The van der Waals surface area contributed by atoms with Gasteiger partial charge in [0.15, 0.2) is 0 Å². The second-order valence-electron chi connectivity index (χ2n) is 3.92. The third-order valence-electron chi connectivity index (χ3n) is 2.61. The minimum absolute atomic E-state index is 0.00678. The van der Waals surface area contributed by atoms with E-state index in [2.05, 4.69) is 32.7 Å². The Labute approximate surface area is 119 Å². The summed E-state index contributed by atoms with van der Waals surface area (Å²) in [5.74, 6) is -0.00678. The van der Waals surface area contributed by atoms with Crippen LogP contribution in [-0.2, 0) is 11.8 Å². The van der Waals surface area contributed by atoms with Crippen molar-refractivity contribution >= 4 is 33.2 Å². The fourth-order valence-electron chi connectivity index (χ4n) is 1.60. The lowest BCUT2D eigenvalue weighted by molar-refractivity contribution is 0.0954. The highest BCUT2D eigenvalue weighted by Gasteiger charge is 2.04. The molecular weight excluding hydrogens is 310 g/mol. The Morgan fingerprint density at radius 3 is 2.61 bits per heavy atom. The van der Waals surface area contributed by atoms with Gasteiger partial charge < -0.3 is 5.32 Å². The number of benzene rings is 1. The molecule has 0 aliphatic carbocycles. The number of halogens is 1. The Morgan fingerprint density at radius 1 is 1.22 bits per heavy atom. The van der Waals surface area contributed by atoms with Crippen molar-refractivity contribution in [3.63, 3.8) is 0 Å². The zero-order chi connectivity index (χ0) is 12.8. The summed E-state index contributed by atoms with van der Waals surface area (Å²) in [4.78, 5) is 13.1. The molecule has 0 fully saturated rings. The Morgan fingerprint density at radius 2 is 2.00 bits per heavy atom. The number of alkyl halides is 1. The molecular formula is C14H14BrNOS. The number of hydrogen-bond donors (Lipinski definition) is 1. The molecule has 0 radical (unpaired) electrons. The quantitative estimate of drug-likeness (QED) is 0.837. The molecule has 1 aromatic carbocycles. The molecule has 0 unspecified atom stereocenters. The molecule has 2 rings (SSSR count). The van der Waals surface area contributed by atoms with Crippen LogP contribution in [0.15, 0.2) is 41.8 Å². The van der Waals surface area contributed by atoms with Gasteiger partial charge in [0.1, 0.15) is 0 Å². The zero-order valence-corrected chi connectivity index (χ0v) is 12.3. The van der Waals surface area contributed by atoms with Crippen LogP contribution in [-0.4, -0.2) is 12.5 Å². The van der Waals surface area contributed by atoms with Crippen molar-refractivity contribution in [2.45, 2.75) is 11.8 Å². The maximum absolute atomic E-state index is 11.9. The van der Waals surface area contributed by atoms with Crippen molar-refractivity contribution in [2.24, 2.45) is 0 Å². The van der Waals surface area contributed by atoms with Gasteiger partial charge in [-0.15, -0.1) is 11.3 Å². The molecule has 1 heterocycles. The average Bonchev–Trinajstić information content (AvgIpc) is 2.92. The Bertz CT molecular complexity index is 493. The van der Waals surface area contributed by atoms with E-state index in [0.717, 1.165) is 11.8 Å². The molecule has 0 atom stereocenters. The number of carbonyl (C=O) groups is 1. The Hall–Kier alpha value is -1.13. The topological polar surface area (TPSA) is 29.1 Å². The SMILES string of the molecule is O=C(NCCc1cccs1)c1ccc(CBr)cc1. The highest BCUT2D eigenvalue weighted by Crippen LogP contribution is 2.09. The summed E-state index contributed by atoms with van der Waals surface area (Å²) in [6.07, 6.45) is 0.892. The molecule has 94 valence electrons. The molecule has 1 N–H and O–H groups in total. The largest absolute Gasteiger partial charge is 0.352 e. The fraction of sp³-hybridized carbons (Fsp3) is 0.214. The van der Waals surface area contributed by atoms with Gasteiger partial charge in [-0.1, -0.05) is 34.1 Å². The molecule has 0 spiro atoms. The lowest BCUT2D eigenvalue weighted by atomic mass is 10.1. The molecule has 0 aliphatic heterocycles. The van der Waals surface area contributed by atoms with Gasteiger partial charge in [-0.3, -0.25) is 4.79 Å². The smallest absolute Gasteiger partial charge is 0.251 e. The van der Waals surface area contributed by atoms with E-state index in [1.807, 2.05) is 30.3 Å². The normalized spacial score (nSPS) is 10.3.